The number of benzene rings is 3. The van der Waals surface area contributed by atoms with Crippen molar-refractivity contribution in [3.8, 4) is 28.4 Å². The molecular formula is C36H36N6O3. The van der Waals surface area contributed by atoms with Gasteiger partial charge in [-0.3, -0.25) is 9.59 Å². The highest BCUT2D eigenvalue weighted by atomic mass is 16.5. The molecule has 9 nitrogen and oxygen atoms in total. The number of anilines is 1. The van der Waals surface area contributed by atoms with Gasteiger partial charge < -0.3 is 29.8 Å². The number of methoxy groups -OCH3 is 1. The summed E-state index contributed by atoms with van der Waals surface area (Å²) < 4.78 is 10.4. The fourth-order valence-corrected chi connectivity index (χ4v) is 8.12. The highest BCUT2D eigenvalue weighted by Gasteiger charge is 2.47. The van der Waals surface area contributed by atoms with Crippen molar-refractivity contribution < 1.29 is 14.3 Å². The molecule has 2 amide bonds. The van der Waals surface area contributed by atoms with Crippen LogP contribution in [0.1, 0.15) is 41.6 Å². The normalized spacial score (nSPS) is 22.1. The Labute approximate surface area is 261 Å². The Morgan fingerprint density at radius 3 is 2.71 bits per heavy atom. The van der Waals surface area contributed by atoms with Crippen molar-refractivity contribution in [1.82, 2.24) is 19.0 Å². The zero-order chi connectivity index (χ0) is 30.6. The Bertz CT molecular complexity index is 2070. The van der Waals surface area contributed by atoms with Gasteiger partial charge in [-0.2, -0.15) is 0 Å². The molecular weight excluding hydrogens is 564 g/mol. The van der Waals surface area contributed by atoms with Crippen LogP contribution in [0.2, 0.25) is 0 Å². The molecule has 45 heavy (non-hydrogen) atoms. The number of nitrogens with zero attached hydrogens (tertiary/aromatic N) is 4. The first-order valence-electron chi connectivity index (χ1n) is 16.0. The summed E-state index contributed by atoms with van der Waals surface area (Å²) in [5.74, 6) is 2.54. The van der Waals surface area contributed by atoms with Gasteiger partial charge in [0.1, 0.15) is 11.3 Å². The maximum absolute atomic E-state index is 13.7. The van der Waals surface area contributed by atoms with E-state index in [2.05, 4.69) is 44.8 Å². The van der Waals surface area contributed by atoms with Gasteiger partial charge in [0.15, 0.2) is 5.82 Å². The van der Waals surface area contributed by atoms with Crippen molar-refractivity contribution in [1.29, 1.82) is 0 Å². The molecule has 0 radical (unpaired) electrons. The van der Waals surface area contributed by atoms with Crippen molar-refractivity contribution in [2.24, 2.45) is 24.6 Å². The van der Waals surface area contributed by atoms with Crippen molar-refractivity contribution in [3.05, 3.63) is 65.7 Å². The van der Waals surface area contributed by atoms with Crippen LogP contribution in [-0.4, -0.2) is 56.6 Å². The molecule has 9 rings (SSSR count). The lowest BCUT2D eigenvalue weighted by Crippen LogP contribution is -2.41. The molecule has 3 N–H and O–H groups in total. The number of imidazole rings is 1. The quantitative estimate of drug-likeness (QED) is 0.274. The van der Waals surface area contributed by atoms with E-state index in [-0.39, 0.29) is 23.9 Å². The predicted molar refractivity (Wildman–Crippen MR) is 174 cm³/mol. The summed E-state index contributed by atoms with van der Waals surface area (Å²) >= 11 is 0. The molecule has 5 aromatic rings. The molecule has 2 aliphatic heterocycles. The average molecular weight is 601 g/mol. The minimum atomic E-state index is 0.00372. The summed E-state index contributed by atoms with van der Waals surface area (Å²) in [7, 11) is 3.67. The molecule has 228 valence electrons. The van der Waals surface area contributed by atoms with Gasteiger partial charge >= 0.3 is 0 Å². The third kappa shape index (κ3) is 4.06. The van der Waals surface area contributed by atoms with Gasteiger partial charge in [-0.05, 0) is 72.9 Å². The van der Waals surface area contributed by atoms with E-state index in [0.29, 0.717) is 29.6 Å². The number of nitrogens with two attached hydrogens (primary N) is 1. The third-order valence-corrected chi connectivity index (χ3v) is 10.7. The molecule has 4 heterocycles. The number of para-hydroxylation sites is 1. The number of fused-ring (bicyclic) bond motifs is 5. The average Bonchev–Trinajstić information content (AvgIpc) is 3.27. The number of rotatable bonds is 6. The third-order valence-electron chi connectivity index (χ3n) is 10.7. The zero-order valence-corrected chi connectivity index (χ0v) is 25.5. The van der Waals surface area contributed by atoms with E-state index in [1.165, 1.54) is 12.8 Å². The van der Waals surface area contributed by atoms with Gasteiger partial charge in [0.25, 0.3) is 5.91 Å². The Kier molecular flexibility index (Phi) is 5.75. The Balaban J connectivity index is 1.16. The minimum absolute atomic E-state index is 0.00372. The van der Waals surface area contributed by atoms with Crippen LogP contribution in [0.4, 0.5) is 5.69 Å². The van der Waals surface area contributed by atoms with Crippen LogP contribution >= 0.6 is 0 Å². The van der Waals surface area contributed by atoms with E-state index in [4.69, 9.17) is 15.5 Å². The van der Waals surface area contributed by atoms with Crippen LogP contribution in [0, 0.1) is 11.8 Å². The molecule has 4 aliphatic rings. The number of aryl methyl sites for hydroxylation is 1. The molecule has 0 spiro atoms. The van der Waals surface area contributed by atoms with Crippen molar-refractivity contribution in [2.45, 2.75) is 50.7 Å². The molecule has 3 fully saturated rings. The predicted octanol–water partition coefficient (Wildman–Crippen LogP) is 5.34. The number of ether oxygens (including phenoxy) is 1. The van der Waals surface area contributed by atoms with Gasteiger partial charge in [0.2, 0.25) is 5.91 Å². The van der Waals surface area contributed by atoms with Crippen molar-refractivity contribution in [2.75, 3.05) is 19.0 Å². The number of likely N-dealkylation sites (tertiary alicyclic amines) is 1. The van der Waals surface area contributed by atoms with Crippen LogP contribution in [0.25, 0.3) is 44.6 Å². The number of piperidine rings is 1. The molecule has 2 aliphatic carbocycles. The zero-order valence-electron chi connectivity index (χ0n) is 25.5. The molecule has 3 atom stereocenters. The van der Waals surface area contributed by atoms with Gasteiger partial charge in [-0.25, -0.2) is 4.98 Å². The van der Waals surface area contributed by atoms with Gasteiger partial charge in [-0.1, -0.05) is 30.3 Å². The molecule has 2 saturated carbocycles. The SMILES string of the molecule is COc1cc(C(=O)N2C[C@H]3CC[C@@H]2[C@@H]3N)cc2nc(-c3cc4ccc(-c5cccc6c5NC(=O)C6)cc4n3CC3CC3)n(C)c12. The first-order valence-corrected chi connectivity index (χ1v) is 16.0. The summed E-state index contributed by atoms with van der Waals surface area (Å²) in [4.78, 5) is 33.1. The largest absolute Gasteiger partial charge is 0.494 e. The lowest BCUT2D eigenvalue weighted by atomic mass is 9.99. The number of aromatic nitrogens is 3. The molecule has 1 saturated heterocycles. The number of hydrogen-bond acceptors (Lipinski definition) is 5. The summed E-state index contributed by atoms with van der Waals surface area (Å²) in [5, 5.41) is 4.21. The Hall–Kier alpha value is -4.63. The highest BCUT2D eigenvalue weighted by molar-refractivity contribution is 6.05. The fraction of sp³-hybridized carbons (Fsp3) is 0.361. The number of amides is 2. The summed E-state index contributed by atoms with van der Waals surface area (Å²) in [6.07, 6.45) is 4.94. The van der Waals surface area contributed by atoms with Crippen molar-refractivity contribution in [3.63, 3.8) is 0 Å². The smallest absolute Gasteiger partial charge is 0.254 e. The highest BCUT2D eigenvalue weighted by Crippen LogP contribution is 2.42. The lowest BCUT2D eigenvalue weighted by molar-refractivity contribution is -0.115. The summed E-state index contributed by atoms with van der Waals surface area (Å²) in [5.41, 5.74) is 14.9. The maximum Gasteiger partial charge on any atom is 0.254 e. The van der Waals surface area contributed by atoms with E-state index in [1.807, 2.05) is 36.2 Å². The lowest BCUT2D eigenvalue weighted by Gasteiger charge is -2.27. The molecule has 3 aromatic carbocycles. The number of carbonyl (C=O) groups is 2. The first-order chi connectivity index (χ1) is 21.9. The Morgan fingerprint density at radius 1 is 1.09 bits per heavy atom. The summed E-state index contributed by atoms with van der Waals surface area (Å²) in [6, 6.07) is 18.9. The van der Waals surface area contributed by atoms with Crippen LogP contribution in [-0.2, 0) is 24.8 Å². The second-order valence-electron chi connectivity index (χ2n) is 13.4. The first kappa shape index (κ1) is 26.7. The van der Waals surface area contributed by atoms with Crippen LogP contribution in [0.5, 0.6) is 5.75 Å². The van der Waals surface area contributed by atoms with Crippen LogP contribution in [0.3, 0.4) is 0 Å². The summed E-state index contributed by atoms with van der Waals surface area (Å²) in [6.45, 7) is 1.63. The maximum atomic E-state index is 13.7. The van der Waals surface area contributed by atoms with Gasteiger partial charge in [-0.15, -0.1) is 0 Å². The van der Waals surface area contributed by atoms with Gasteiger partial charge in [0, 0.05) is 54.3 Å². The molecule has 2 bridgehead atoms. The number of carbonyl (C=O) groups excluding carboxylic acids is 2. The van der Waals surface area contributed by atoms with Crippen LogP contribution < -0.4 is 15.8 Å². The monoisotopic (exact) mass is 600 g/mol. The van der Waals surface area contributed by atoms with Crippen molar-refractivity contribution >= 4 is 39.4 Å². The second-order valence-corrected chi connectivity index (χ2v) is 13.4. The minimum Gasteiger partial charge on any atom is -0.494 e. The van der Waals surface area contributed by atoms with Gasteiger partial charge in [0.05, 0.1) is 30.4 Å². The second kappa shape index (κ2) is 9.68. The standard InChI is InChI=1S/C36H36N6O3/c1-40-34-26(12-24(15-30(34)45-2)36(44)42-18-23-10-11-27(42)32(23)37)38-35(40)29-14-21-9-8-20(13-28(21)41(29)17-19-6-7-19)25-5-3-4-22-16-31(43)39-33(22)25/h3-5,8-9,12-15,19,23,27,32H,6-7,10-11,16-18,37H2,1-2H3,(H,39,43)/t23-,27-,32-/m1/s1. The van der Waals surface area contributed by atoms with E-state index < -0.39 is 0 Å². The molecule has 2 aromatic heterocycles. The van der Waals surface area contributed by atoms with Crippen LogP contribution in [0.15, 0.2) is 54.6 Å². The van der Waals surface area contributed by atoms with E-state index >= 15 is 0 Å². The topological polar surface area (TPSA) is 107 Å². The molecule has 9 heteroatoms. The van der Waals surface area contributed by atoms with E-state index in [0.717, 1.165) is 81.8 Å². The fourth-order valence-electron chi connectivity index (χ4n) is 8.12. The number of nitrogens with one attached hydrogen (secondary N) is 1. The van der Waals surface area contributed by atoms with E-state index in [1.54, 1.807) is 7.11 Å². The van der Waals surface area contributed by atoms with E-state index in [9.17, 15) is 9.59 Å². The Morgan fingerprint density at radius 2 is 1.96 bits per heavy atom. The molecule has 0 unspecified atom stereocenters. The number of hydrogen-bond donors (Lipinski definition) is 2.